The molecule has 0 aliphatic heterocycles. The molecule has 8 heteroatoms. The maximum atomic E-state index is 12.4. The third-order valence-electron chi connectivity index (χ3n) is 4.11. The number of nitrogens with zero attached hydrogens (tertiary/aromatic N) is 3. The van der Waals surface area contributed by atoms with E-state index in [0.717, 1.165) is 6.42 Å². The van der Waals surface area contributed by atoms with Gasteiger partial charge >= 0.3 is 5.97 Å². The Bertz CT molecular complexity index is 1070. The highest BCUT2D eigenvalue weighted by Crippen LogP contribution is 2.25. The van der Waals surface area contributed by atoms with Crippen LogP contribution in [0.2, 0.25) is 0 Å². The number of rotatable bonds is 4. The number of hydrogen-bond donors (Lipinski definition) is 2. The SMILES string of the molecule is CCC(C)n1c(=S)[nH]c(=O)c2c(C(=O)O)cc(-c3cccnc3)nc21. The number of aromatic amines is 1. The predicted octanol–water partition coefficient (Wildman–Crippen LogP) is 3.19. The van der Waals surface area contributed by atoms with Gasteiger partial charge in [-0.15, -0.1) is 0 Å². The van der Waals surface area contributed by atoms with E-state index < -0.39 is 11.5 Å². The van der Waals surface area contributed by atoms with E-state index in [1.807, 2.05) is 13.8 Å². The molecule has 0 aliphatic carbocycles. The molecule has 0 aliphatic rings. The number of H-pyrrole nitrogens is 1. The molecule has 0 saturated heterocycles. The van der Waals surface area contributed by atoms with Crippen molar-refractivity contribution in [2.75, 3.05) is 0 Å². The molecular weight excluding hydrogens is 340 g/mol. The van der Waals surface area contributed by atoms with Crippen LogP contribution in [0.15, 0.2) is 35.4 Å². The summed E-state index contributed by atoms with van der Waals surface area (Å²) >= 11 is 5.29. The zero-order valence-corrected chi connectivity index (χ0v) is 14.5. The summed E-state index contributed by atoms with van der Waals surface area (Å²) < 4.78 is 1.91. The summed E-state index contributed by atoms with van der Waals surface area (Å²) in [5.74, 6) is -1.20. The summed E-state index contributed by atoms with van der Waals surface area (Å²) in [5, 5.41) is 9.63. The van der Waals surface area contributed by atoms with Gasteiger partial charge in [-0.2, -0.15) is 0 Å². The number of aromatic carboxylic acids is 1. The molecule has 25 heavy (non-hydrogen) atoms. The molecule has 0 amide bonds. The third-order valence-corrected chi connectivity index (χ3v) is 4.41. The smallest absolute Gasteiger partial charge is 0.336 e. The standard InChI is InChI=1S/C17H16N4O3S/c1-3-9(2)21-14-13(15(22)20-17(21)25)11(16(23)24)7-12(19-14)10-5-4-6-18-8-10/h4-9H,3H2,1-2H3,(H,23,24)(H,20,22,25). The molecule has 0 spiro atoms. The van der Waals surface area contributed by atoms with Crippen molar-refractivity contribution in [1.82, 2.24) is 19.5 Å². The number of nitrogens with one attached hydrogen (secondary N) is 1. The highest BCUT2D eigenvalue weighted by molar-refractivity contribution is 7.71. The first-order valence-electron chi connectivity index (χ1n) is 7.77. The predicted molar refractivity (Wildman–Crippen MR) is 96.4 cm³/mol. The molecule has 0 bridgehead atoms. The van der Waals surface area contributed by atoms with Crippen LogP contribution in [-0.2, 0) is 0 Å². The van der Waals surface area contributed by atoms with Gasteiger partial charge < -0.3 is 5.11 Å². The van der Waals surface area contributed by atoms with Gasteiger partial charge in [-0.3, -0.25) is 19.3 Å². The van der Waals surface area contributed by atoms with Gasteiger partial charge in [0.1, 0.15) is 5.65 Å². The lowest BCUT2D eigenvalue weighted by Crippen LogP contribution is -2.20. The molecule has 128 valence electrons. The van der Waals surface area contributed by atoms with E-state index in [2.05, 4.69) is 15.0 Å². The molecular formula is C17H16N4O3S. The molecule has 3 aromatic heterocycles. The molecule has 3 aromatic rings. The van der Waals surface area contributed by atoms with Crippen molar-refractivity contribution in [3.8, 4) is 11.3 Å². The van der Waals surface area contributed by atoms with Gasteiger partial charge in [-0.1, -0.05) is 6.92 Å². The molecule has 7 nitrogen and oxygen atoms in total. The fourth-order valence-electron chi connectivity index (χ4n) is 2.67. The highest BCUT2D eigenvalue weighted by atomic mass is 32.1. The Labute approximate surface area is 148 Å². The summed E-state index contributed by atoms with van der Waals surface area (Å²) in [6, 6.07) is 4.86. The first kappa shape index (κ1) is 17.0. The molecule has 3 heterocycles. The van der Waals surface area contributed by atoms with E-state index in [1.54, 1.807) is 29.1 Å². The lowest BCUT2D eigenvalue weighted by Gasteiger charge is -2.17. The topological polar surface area (TPSA) is 101 Å². The van der Waals surface area contributed by atoms with Crippen LogP contribution in [0.25, 0.3) is 22.3 Å². The van der Waals surface area contributed by atoms with Crippen LogP contribution in [-0.4, -0.2) is 30.6 Å². The fraction of sp³-hybridized carbons (Fsp3) is 0.235. The van der Waals surface area contributed by atoms with Crippen molar-refractivity contribution >= 4 is 29.2 Å². The van der Waals surface area contributed by atoms with Crippen molar-refractivity contribution in [3.05, 3.63) is 51.3 Å². The van der Waals surface area contributed by atoms with Crippen molar-refractivity contribution in [1.29, 1.82) is 0 Å². The Hall–Kier alpha value is -2.87. The molecule has 3 rings (SSSR count). The monoisotopic (exact) mass is 356 g/mol. The van der Waals surface area contributed by atoms with Gasteiger partial charge in [0.05, 0.1) is 16.6 Å². The summed E-state index contributed by atoms with van der Waals surface area (Å²) in [5.41, 5.74) is 0.685. The maximum absolute atomic E-state index is 12.4. The summed E-state index contributed by atoms with van der Waals surface area (Å²) in [6.45, 7) is 3.92. The average Bonchev–Trinajstić information content (AvgIpc) is 2.61. The van der Waals surface area contributed by atoms with E-state index >= 15 is 0 Å². The summed E-state index contributed by atoms with van der Waals surface area (Å²) in [6.07, 6.45) is 3.96. The van der Waals surface area contributed by atoms with Crippen LogP contribution in [0.5, 0.6) is 0 Å². The second-order valence-corrected chi connectivity index (χ2v) is 6.07. The first-order chi connectivity index (χ1) is 11.9. The van der Waals surface area contributed by atoms with E-state index in [-0.39, 0.29) is 27.4 Å². The minimum absolute atomic E-state index is 0.0223. The van der Waals surface area contributed by atoms with Crippen molar-refractivity contribution in [2.24, 2.45) is 0 Å². The Morgan fingerprint density at radius 2 is 2.24 bits per heavy atom. The molecule has 0 radical (unpaired) electrons. The molecule has 0 saturated carbocycles. The lowest BCUT2D eigenvalue weighted by molar-refractivity contribution is 0.0699. The van der Waals surface area contributed by atoms with Gasteiger partial charge in [-0.05, 0) is 43.8 Å². The second kappa shape index (κ2) is 6.56. The van der Waals surface area contributed by atoms with Crippen LogP contribution in [0, 0.1) is 4.77 Å². The van der Waals surface area contributed by atoms with E-state index in [1.165, 1.54) is 6.07 Å². The number of hydrogen-bond acceptors (Lipinski definition) is 5. The van der Waals surface area contributed by atoms with Crippen molar-refractivity contribution < 1.29 is 9.90 Å². The van der Waals surface area contributed by atoms with E-state index in [9.17, 15) is 14.7 Å². The number of carboxylic acids is 1. The van der Waals surface area contributed by atoms with Crippen LogP contribution in [0.4, 0.5) is 0 Å². The normalized spacial score (nSPS) is 12.2. The maximum Gasteiger partial charge on any atom is 0.336 e. The van der Waals surface area contributed by atoms with E-state index in [0.29, 0.717) is 11.3 Å². The number of carboxylic acid groups (broad SMARTS) is 1. The Kier molecular flexibility index (Phi) is 4.45. The Morgan fingerprint density at radius 1 is 1.48 bits per heavy atom. The van der Waals surface area contributed by atoms with Crippen molar-refractivity contribution in [3.63, 3.8) is 0 Å². The van der Waals surface area contributed by atoms with Crippen LogP contribution >= 0.6 is 12.2 Å². The van der Waals surface area contributed by atoms with Gasteiger partial charge in [0.25, 0.3) is 5.56 Å². The minimum Gasteiger partial charge on any atom is -0.478 e. The number of aromatic nitrogens is 4. The largest absolute Gasteiger partial charge is 0.478 e. The molecule has 1 unspecified atom stereocenters. The third kappa shape index (κ3) is 2.96. The molecule has 1 atom stereocenters. The first-order valence-corrected chi connectivity index (χ1v) is 8.18. The number of pyridine rings is 2. The van der Waals surface area contributed by atoms with Gasteiger partial charge in [0.15, 0.2) is 4.77 Å². The average molecular weight is 356 g/mol. The van der Waals surface area contributed by atoms with Crippen LogP contribution < -0.4 is 5.56 Å². The minimum atomic E-state index is -1.20. The fourth-order valence-corrected chi connectivity index (χ4v) is 3.03. The van der Waals surface area contributed by atoms with Crippen LogP contribution in [0.1, 0.15) is 36.7 Å². The second-order valence-electron chi connectivity index (χ2n) is 5.69. The number of fused-ring (bicyclic) bond motifs is 1. The van der Waals surface area contributed by atoms with Gasteiger partial charge in [-0.25, -0.2) is 9.78 Å². The number of carbonyl (C=O) groups is 1. The van der Waals surface area contributed by atoms with Crippen LogP contribution in [0.3, 0.4) is 0 Å². The van der Waals surface area contributed by atoms with Gasteiger partial charge in [0, 0.05) is 24.0 Å². The zero-order valence-electron chi connectivity index (χ0n) is 13.7. The Balaban J connectivity index is 2.50. The van der Waals surface area contributed by atoms with E-state index in [4.69, 9.17) is 12.2 Å². The summed E-state index contributed by atoms with van der Waals surface area (Å²) in [4.78, 5) is 35.3. The lowest BCUT2D eigenvalue weighted by atomic mass is 10.1. The summed E-state index contributed by atoms with van der Waals surface area (Å²) in [7, 11) is 0. The van der Waals surface area contributed by atoms with Crippen molar-refractivity contribution in [2.45, 2.75) is 26.3 Å². The molecule has 0 aromatic carbocycles. The quantitative estimate of drug-likeness (QED) is 0.696. The molecule has 0 fully saturated rings. The highest BCUT2D eigenvalue weighted by Gasteiger charge is 2.20. The zero-order chi connectivity index (χ0) is 18.1. The molecule has 2 N–H and O–H groups in total. The Morgan fingerprint density at radius 3 is 2.84 bits per heavy atom. The van der Waals surface area contributed by atoms with Gasteiger partial charge in [0.2, 0.25) is 0 Å².